The second-order valence-electron chi connectivity index (χ2n) is 7.45. The van der Waals surface area contributed by atoms with Crippen LogP contribution in [0.1, 0.15) is 23.6 Å². The summed E-state index contributed by atoms with van der Waals surface area (Å²) in [7, 11) is -4.04. The van der Waals surface area contributed by atoms with Gasteiger partial charge in [0.25, 0.3) is 15.9 Å². The third kappa shape index (κ3) is 6.13. The van der Waals surface area contributed by atoms with Gasteiger partial charge in [-0.1, -0.05) is 47.5 Å². The Morgan fingerprint density at radius 2 is 1.67 bits per heavy atom. The standard InChI is InChI=1S/C24H23ClIN3O3S/c1-16-7-13-21(14-8-16)33(31,32)29(23-6-4-5-22(25)17(23)2)15-24(30)28-27-18(3)19-9-11-20(26)12-10-19/h4-14H,15H2,1-3H3,(H,28,30)/b27-18-. The molecule has 0 saturated heterocycles. The lowest BCUT2D eigenvalue weighted by molar-refractivity contribution is -0.119. The highest BCUT2D eigenvalue weighted by atomic mass is 127. The van der Waals surface area contributed by atoms with E-state index in [1.807, 2.05) is 31.2 Å². The first kappa shape index (κ1) is 25.2. The Bertz CT molecular complexity index is 1290. The van der Waals surface area contributed by atoms with Crippen LogP contribution >= 0.6 is 34.2 Å². The number of hydrogen-bond donors (Lipinski definition) is 1. The molecule has 6 nitrogen and oxygen atoms in total. The Hall–Kier alpha value is -2.43. The average Bonchev–Trinajstić information content (AvgIpc) is 2.78. The van der Waals surface area contributed by atoms with Gasteiger partial charge in [0.1, 0.15) is 6.54 Å². The lowest BCUT2D eigenvalue weighted by Gasteiger charge is -2.25. The summed E-state index contributed by atoms with van der Waals surface area (Å²) in [6, 6.07) is 19.1. The van der Waals surface area contributed by atoms with Gasteiger partial charge in [-0.3, -0.25) is 9.10 Å². The van der Waals surface area contributed by atoms with Gasteiger partial charge in [-0.15, -0.1) is 0 Å². The fourth-order valence-corrected chi connectivity index (χ4v) is 5.08. The Morgan fingerprint density at radius 3 is 2.30 bits per heavy atom. The lowest BCUT2D eigenvalue weighted by atomic mass is 10.1. The molecule has 9 heteroatoms. The zero-order valence-corrected chi connectivity index (χ0v) is 22.1. The molecule has 0 spiro atoms. The Labute approximate surface area is 212 Å². The summed E-state index contributed by atoms with van der Waals surface area (Å²) in [5, 5.41) is 4.55. The Kier molecular flexibility index (Phi) is 8.14. The fraction of sp³-hybridized carbons (Fsp3) is 0.167. The molecule has 33 heavy (non-hydrogen) atoms. The van der Waals surface area contributed by atoms with E-state index in [1.165, 1.54) is 12.1 Å². The van der Waals surface area contributed by atoms with Crippen LogP contribution in [0.3, 0.4) is 0 Å². The highest BCUT2D eigenvalue weighted by Crippen LogP contribution is 2.30. The van der Waals surface area contributed by atoms with Gasteiger partial charge in [-0.05, 0) is 90.9 Å². The maximum atomic E-state index is 13.5. The Balaban J connectivity index is 1.92. The molecule has 0 fully saturated rings. The molecule has 0 atom stereocenters. The van der Waals surface area contributed by atoms with Crippen LogP contribution in [0.2, 0.25) is 5.02 Å². The van der Waals surface area contributed by atoms with E-state index in [9.17, 15) is 13.2 Å². The molecule has 0 aliphatic carbocycles. The molecule has 3 aromatic rings. The van der Waals surface area contributed by atoms with Crippen LogP contribution in [0.4, 0.5) is 5.69 Å². The van der Waals surface area contributed by atoms with Gasteiger partial charge >= 0.3 is 0 Å². The molecule has 1 amide bonds. The van der Waals surface area contributed by atoms with Gasteiger partial charge in [-0.2, -0.15) is 5.10 Å². The van der Waals surface area contributed by atoms with Crippen molar-refractivity contribution in [2.45, 2.75) is 25.7 Å². The van der Waals surface area contributed by atoms with Gasteiger partial charge < -0.3 is 0 Å². The van der Waals surface area contributed by atoms with Crippen molar-refractivity contribution in [1.82, 2.24) is 5.43 Å². The molecular weight excluding hydrogens is 573 g/mol. The maximum Gasteiger partial charge on any atom is 0.264 e. The van der Waals surface area contributed by atoms with Crippen LogP contribution in [0, 0.1) is 17.4 Å². The van der Waals surface area contributed by atoms with E-state index in [-0.39, 0.29) is 4.90 Å². The normalized spacial score (nSPS) is 11.8. The van der Waals surface area contributed by atoms with Crippen LogP contribution in [-0.2, 0) is 14.8 Å². The van der Waals surface area contributed by atoms with Crippen LogP contribution in [0.15, 0.2) is 76.7 Å². The zero-order valence-electron chi connectivity index (χ0n) is 18.3. The quantitative estimate of drug-likeness (QED) is 0.229. The summed E-state index contributed by atoms with van der Waals surface area (Å²) in [5.41, 5.74) is 5.74. The predicted molar refractivity (Wildman–Crippen MR) is 141 cm³/mol. The van der Waals surface area contributed by atoms with Crippen molar-refractivity contribution in [3.8, 4) is 0 Å². The van der Waals surface area contributed by atoms with Gasteiger partial charge in [0, 0.05) is 8.59 Å². The van der Waals surface area contributed by atoms with Gasteiger partial charge in [0.15, 0.2) is 0 Å². The number of rotatable bonds is 7. The molecule has 172 valence electrons. The first-order valence-corrected chi connectivity index (χ1v) is 12.9. The van der Waals surface area contributed by atoms with Gasteiger partial charge in [0.2, 0.25) is 0 Å². The van der Waals surface area contributed by atoms with Crippen molar-refractivity contribution in [3.05, 3.63) is 92.0 Å². The van der Waals surface area contributed by atoms with Crippen molar-refractivity contribution in [2.75, 3.05) is 10.8 Å². The number of nitrogens with one attached hydrogen (secondary N) is 1. The van der Waals surface area contributed by atoms with E-state index in [0.29, 0.717) is 22.0 Å². The van der Waals surface area contributed by atoms with Crippen molar-refractivity contribution < 1.29 is 13.2 Å². The molecule has 0 aliphatic rings. The van der Waals surface area contributed by atoms with Crippen LogP contribution in [-0.4, -0.2) is 26.6 Å². The molecule has 0 radical (unpaired) electrons. The fourth-order valence-electron chi connectivity index (χ4n) is 3.07. The van der Waals surface area contributed by atoms with Crippen molar-refractivity contribution in [3.63, 3.8) is 0 Å². The number of halogens is 2. The smallest absolute Gasteiger partial charge is 0.264 e. The van der Waals surface area contributed by atoms with Crippen LogP contribution < -0.4 is 9.73 Å². The molecular formula is C24H23ClIN3O3S. The van der Waals surface area contributed by atoms with E-state index >= 15 is 0 Å². The van der Waals surface area contributed by atoms with Crippen molar-refractivity contribution >= 4 is 61.5 Å². The van der Waals surface area contributed by atoms with E-state index in [4.69, 9.17) is 11.6 Å². The number of aryl methyl sites for hydroxylation is 1. The summed E-state index contributed by atoms with van der Waals surface area (Å²) in [4.78, 5) is 12.9. The summed E-state index contributed by atoms with van der Waals surface area (Å²) < 4.78 is 29.1. The summed E-state index contributed by atoms with van der Waals surface area (Å²) >= 11 is 8.46. The van der Waals surface area contributed by atoms with E-state index in [2.05, 4.69) is 33.1 Å². The number of nitrogens with zero attached hydrogens (tertiary/aromatic N) is 2. The zero-order chi connectivity index (χ0) is 24.2. The first-order chi connectivity index (χ1) is 15.6. The summed E-state index contributed by atoms with van der Waals surface area (Å²) in [6.07, 6.45) is 0. The molecule has 3 aromatic carbocycles. The largest absolute Gasteiger partial charge is 0.271 e. The minimum absolute atomic E-state index is 0.0823. The van der Waals surface area contributed by atoms with E-state index < -0.39 is 22.5 Å². The number of benzene rings is 3. The average molecular weight is 596 g/mol. The Morgan fingerprint density at radius 1 is 1.03 bits per heavy atom. The van der Waals surface area contributed by atoms with Crippen molar-refractivity contribution in [2.24, 2.45) is 5.10 Å². The van der Waals surface area contributed by atoms with Crippen LogP contribution in [0.25, 0.3) is 0 Å². The van der Waals surface area contributed by atoms with E-state index in [1.54, 1.807) is 44.2 Å². The second-order valence-corrected chi connectivity index (χ2v) is 11.0. The van der Waals surface area contributed by atoms with Gasteiger partial charge in [-0.25, -0.2) is 13.8 Å². The number of hydrogen-bond acceptors (Lipinski definition) is 4. The molecule has 0 heterocycles. The lowest BCUT2D eigenvalue weighted by Crippen LogP contribution is -2.40. The van der Waals surface area contributed by atoms with Crippen LogP contribution in [0.5, 0.6) is 0 Å². The van der Waals surface area contributed by atoms with Crippen molar-refractivity contribution in [1.29, 1.82) is 0 Å². The monoisotopic (exact) mass is 595 g/mol. The molecule has 1 N–H and O–H groups in total. The van der Waals surface area contributed by atoms with Gasteiger partial charge in [0.05, 0.1) is 16.3 Å². The number of hydrazone groups is 1. The molecule has 0 bridgehead atoms. The molecule has 0 aliphatic heterocycles. The third-order valence-corrected chi connectivity index (χ3v) is 7.92. The third-order valence-electron chi connectivity index (χ3n) is 5.01. The van der Waals surface area contributed by atoms with E-state index in [0.717, 1.165) is 19.0 Å². The minimum atomic E-state index is -4.04. The predicted octanol–water partition coefficient (Wildman–Crippen LogP) is 5.30. The molecule has 0 unspecified atom stereocenters. The number of carbonyl (C=O) groups is 1. The maximum absolute atomic E-state index is 13.5. The number of anilines is 1. The SMILES string of the molecule is C/C(=N/NC(=O)CN(c1cccc(Cl)c1C)S(=O)(=O)c1ccc(C)cc1)c1ccc(I)cc1. The number of amides is 1. The first-order valence-electron chi connectivity index (χ1n) is 10.0. The number of sulfonamides is 1. The topological polar surface area (TPSA) is 78.8 Å². The highest BCUT2D eigenvalue weighted by Gasteiger charge is 2.28. The minimum Gasteiger partial charge on any atom is -0.271 e. The molecule has 3 rings (SSSR count). The highest BCUT2D eigenvalue weighted by molar-refractivity contribution is 14.1. The number of carbonyl (C=O) groups excluding carboxylic acids is 1. The molecule has 0 saturated carbocycles. The second kappa shape index (κ2) is 10.7. The molecule has 0 aromatic heterocycles. The summed E-state index contributed by atoms with van der Waals surface area (Å²) in [6.45, 7) is 4.90. The summed E-state index contributed by atoms with van der Waals surface area (Å²) in [5.74, 6) is -0.574.